The topological polar surface area (TPSA) is 163 Å². The van der Waals surface area contributed by atoms with Crippen LogP contribution in [0.2, 0.25) is 0 Å². The number of aromatic hydroxyl groups is 1. The van der Waals surface area contributed by atoms with Crippen molar-refractivity contribution in [3.8, 4) is 5.88 Å². The molecule has 2 aromatic heterocycles. The standard InChI is InChI=1S/C10H12FN4O7PS/c11-10(18)6(22-23(19,20)24)4(1-16)21-9(10)15-3-14-5-7(15)12-2-13-8(5)17/h2-4,6,9,16,18H,1H2,(H,12,13,17)(H2,19,20,24)/t4-,6-,9-,10-/m1/s1. The lowest BCUT2D eigenvalue weighted by Gasteiger charge is -2.27. The second kappa shape index (κ2) is 5.89. The Morgan fingerprint density at radius 1 is 1.42 bits per heavy atom. The molecule has 1 fully saturated rings. The first kappa shape index (κ1) is 17.5. The van der Waals surface area contributed by atoms with Gasteiger partial charge in [-0.1, -0.05) is 0 Å². The van der Waals surface area contributed by atoms with E-state index in [-0.39, 0.29) is 11.2 Å². The van der Waals surface area contributed by atoms with Crippen LogP contribution in [0.4, 0.5) is 4.39 Å². The third kappa shape index (κ3) is 2.89. The third-order valence-corrected chi connectivity index (χ3v) is 4.17. The number of hydrogen-bond donors (Lipinski definition) is 5. The Hall–Kier alpha value is -1.31. The number of ether oxygens (including phenoxy) is 1. The van der Waals surface area contributed by atoms with Crippen molar-refractivity contribution in [3.05, 3.63) is 12.7 Å². The van der Waals surface area contributed by atoms with Gasteiger partial charge in [0.05, 0.1) is 12.9 Å². The molecule has 132 valence electrons. The monoisotopic (exact) mass is 382 g/mol. The lowest BCUT2D eigenvalue weighted by molar-refractivity contribution is -0.191. The zero-order valence-electron chi connectivity index (χ0n) is 11.7. The highest BCUT2D eigenvalue weighted by Crippen LogP contribution is 2.49. The summed E-state index contributed by atoms with van der Waals surface area (Å²) in [5, 5.41) is 29.0. The van der Waals surface area contributed by atoms with Crippen molar-refractivity contribution >= 4 is 29.7 Å². The molecule has 0 saturated carbocycles. The average Bonchev–Trinajstić information content (AvgIpc) is 2.99. The van der Waals surface area contributed by atoms with E-state index in [1.807, 2.05) is 0 Å². The lowest BCUT2D eigenvalue weighted by Crippen LogP contribution is -2.44. The van der Waals surface area contributed by atoms with Crippen molar-refractivity contribution in [1.82, 2.24) is 19.5 Å². The average molecular weight is 382 g/mol. The van der Waals surface area contributed by atoms with Gasteiger partial charge in [-0.25, -0.2) is 14.4 Å². The van der Waals surface area contributed by atoms with Gasteiger partial charge in [0, 0.05) is 0 Å². The first-order valence-corrected chi connectivity index (χ1v) is 9.05. The zero-order chi connectivity index (χ0) is 17.7. The van der Waals surface area contributed by atoms with Crippen molar-refractivity contribution in [2.24, 2.45) is 0 Å². The third-order valence-electron chi connectivity index (χ3n) is 3.41. The van der Waals surface area contributed by atoms with Crippen molar-refractivity contribution in [1.29, 1.82) is 0 Å². The van der Waals surface area contributed by atoms with E-state index in [1.165, 1.54) is 0 Å². The number of hydrogen-bond acceptors (Lipinski definition) is 9. The molecule has 0 amide bonds. The van der Waals surface area contributed by atoms with E-state index >= 15 is 0 Å². The van der Waals surface area contributed by atoms with Gasteiger partial charge in [0.15, 0.2) is 23.5 Å². The molecule has 0 unspecified atom stereocenters. The number of imidazole rings is 1. The van der Waals surface area contributed by atoms with E-state index in [4.69, 9.17) is 4.74 Å². The first-order chi connectivity index (χ1) is 11.1. The number of aliphatic hydroxyl groups is 2. The summed E-state index contributed by atoms with van der Waals surface area (Å²) in [6, 6.07) is 0. The van der Waals surface area contributed by atoms with Crippen LogP contribution in [0.25, 0.3) is 11.2 Å². The van der Waals surface area contributed by atoms with Crippen LogP contribution in [0, 0.1) is 0 Å². The second-order valence-electron chi connectivity index (χ2n) is 4.97. The van der Waals surface area contributed by atoms with Crippen LogP contribution in [0.5, 0.6) is 5.88 Å². The van der Waals surface area contributed by atoms with Crippen molar-refractivity contribution in [3.63, 3.8) is 0 Å². The van der Waals surface area contributed by atoms with Gasteiger partial charge in [-0.3, -0.25) is 9.09 Å². The van der Waals surface area contributed by atoms with Gasteiger partial charge in [-0.15, -0.1) is 0 Å². The molecular weight excluding hydrogens is 370 g/mol. The Balaban J connectivity index is 2.04. The van der Waals surface area contributed by atoms with Crippen molar-refractivity contribution < 1.29 is 38.8 Å². The van der Waals surface area contributed by atoms with Crippen LogP contribution in [-0.2, 0) is 21.1 Å². The van der Waals surface area contributed by atoms with Gasteiger partial charge in [0.2, 0.25) is 5.88 Å². The minimum atomic E-state index is -4.35. The highest BCUT2D eigenvalue weighted by Gasteiger charge is 2.60. The van der Waals surface area contributed by atoms with Crippen LogP contribution in [0.1, 0.15) is 6.23 Å². The number of aliphatic hydroxyl groups excluding tert-OH is 1. The predicted molar refractivity (Wildman–Crippen MR) is 77.6 cm³/mol. The number of halogens is 1. The quantitative estimate of drug-likeness (QED) is 0.398. The normalized spacial score (nSPS) is 31.0. The van der Waals surface area contributed by atoms with Crippen LogP contribution in [0.15, 0.2) is 12.7 Å². The second-order valence-corrected chi connectivity index (χ2v) is 7.59. The molecule has 1 saturated heterocycles. The molecule has 2 aromatic rings. The Morgan fingerprint density at radius 2 is 2.12 bits per heavy atom. The largest absolute Gasteiger partial charge is 0.492 e. The van der Waals surface area contributed by atoms with E-state index in [0.29, 0.717) is 0 Å². The van der Waals surface area contributed by atoms with Crippen LogP contribution in [0.3, 0.4) is 0 Å². The summed E-state index contributed by atoms with van der Waals surface area (Å²) in [6.45, 7) is -5.15. The summed E-state index contributed by atoms with van der Waals surface area (Å²) in [6.07, 6.45) is -3.21. The Kier molecular flexibility index (Phi) is 4.30. The summed E-state index contributed by atoms with van der Waals surface area (Å²) < 4.78 is 25.6. The van der Waals surface area contributed by atoms with Crippen molar-refractivity contribution in [2.45, 2.75) is 24.3 Å². The van der Waals surface area contributed by atoms with E-state index in [1.54, 1.807) is 0 Å². The van der Waals surface area contributed by atoms with Gasteiger partial charge < -0.3 is 29.8 Å². The lowest BCUT2D eigenvalue weighted by atomic mass is 10.1. The smallest absolute Gasteiger partial charge is 0.322 e. The molecule has 11 nitrogen and oxygen atoms in total. The minimum Gasteiger partial charge on any atom is -0.492 e. The number of alkyl halides is 1. The molecule has 0 aliphatic carbocycles. The van der Waals surface area contributed by atoms with Gasteiger partial charge in [0.25, 0.3) is 5.85 Å². The molecule has 1 aliphatic heterocycles. The van der Waals surface area contributed by atoms with Crippen molar-refractivity contribution in [2.75, 3.05) is 6.61 Å². The van der Waals surface area contributed by atoms with Crippen LogP contribution in [-0.4, -0.2) is 69.3 Å². The number of fused-ring (bicyclic) bond motifs is 1. The summed E-state index contributed by atoms with van der Waals surface area (Å²) >= 11 is 4.27. The molecule has 0 radical (unpaired) electrons. The molecule has 0 spiro atoms. The van der Waals surface area contributed by atoms with E-state index in [2.05, 4.69) is 31.3 Å². The summed E-state index contributed by atoms with van der Waals surface area (Å²) in [5.74, 6) is -3.77. The molecule has 3 rings (SSSR count). The van der Waals surface area contributed by atoms with Gasteiger partial charge in [0.1, 0.15) is 12.4 Å². The SMILES string of the molecule is OC[C@H]1O[C@@H](n2cnc3c(O)ncnc32)[C@@](O)(F)[C@@H]1OP(O)(O)=S. The highest BCUT2D eigenvalue weighted by molar-refractivity contribution is 8.06. The first-order valence-electron chi connectivity index (χ1n) is 6.43. The molecular formula is C10H12FN4O7PS. The molecule has 0 bridgehead atoms. The maximum absolute atomic E-state index is 14.9. The maximum Gasteiger partial charge on any atom is 0.322 e. The number of aromatic nitrogens is 4. The summed E-state index contributed by atoms with van der Waals surface area (Å²) in [7, 11) is 0. The molecule has 14 heteroatoms. The fourth-order valence-electron chi connectivity index (χ4n) is 2.43. The molecule has 1 aliphatic rings. The minimum absolute atomic E-state index is 0.0617. The number of rotatable bonds is 4. The predicted octanol–water partition coefficient (Wildman–Crippen LogP) is -1.33. The maximum atomic E-state index is 14.9. The van der Waals surface area contributed by atoms with E-state index in [9.17, 15) is 29.5 Å². The number of nitrogens with zero attached hydrogens (tertiary/aromatic N) is 4. The highest BCUT2D eigenvalue weighted by atomic mass is 32.5. The summed E-state index contributed by atoms with van der Waals surface area (Å²) in [5.41, 5.74) is -0.135. The van der Waals surface area contributed by atoms with Gasteiger partial charge in [-0.2, -0.15) is 4.98 Å². The Morgan fingerprint density at radius 3 is 2.75 bits per heavy atom. The van der Waals surface area contributed by atoms with Crippen LogP contribution < -0.4 is 0 Å². The summed E-state index contributed by atoms with van der Waals surface area (Å²) in [4.78, 5) is 29.6. The fraction of sp³-hybridized carbons (Fsp3) is 0.500. The zero-order valence-corrected chi connectivity index (χ0v) is 13.4. The van der Waals surface area contributed by atoms with E-state index in [0.717, 1.165) is 17.2 Å². The molecule has 3 heterocycles. The molecule has 24 heavy (non-hydrogen) atoms. The Labute approximate surface area is 138 Å². The van der Waals surface area contributed by atoms with Gasteiger partial charge >= 0.3 is 6.72 Å². The molecule has 4 atom stereocenters. The van der Waals surface area contributed by atoms with Gasteiger partial charge in [-0.05, 0) is 11.8 Å². The van der Waals surface area contributed by atoms with E-state index < -0.39 is 43.5 Å². The molecule has 5 N–H and O–H groups in total. The Bertz CT molecular complexity index is 814. The fourth-order valence-corrected chi connectivity index (χ4v) is 3.29. The molecule has 0 aromatic carbocycles. The van der Waals surface area contributed by atoms with Crippen LogP contribution >= 0.6 is 6.72 Å².